The summed E-state index contributed by atoms with van der Waals surface area (Å²) in [4.78, 5) is 42.8. The number of amides is 4. The van der Waals surface area contributed by atoms with Crippen LogP contribution >= 0.6 is 0 Å². The third-order valence-electron chi connectivity index (χ3n) is 7.04. The van der Waals surface area contributed by atoms with Crippen LogP contribution in [0.15, 0.2) is 42.5 Å². The largest absolute Gasteiger partial charge is 0.493 e. The molecule has 9 nitrogen and oxygen atoms in total. The molecule has 1 N–H and O–H groups in total. The molecule has 2 aromatic carbocycles. The lowest BCUT2D eigenvalue weighted by Crippen LogP contribution is -2.47. The molecule has 4 amide bonds. The zero-order valence-electron chi connectivity index (χ0n) is 23.0. The van der Waals surface area contributed by atoms with Crippen LogP contribution in [0, 0.1) is 0 Å². The first-order chi connectivity index (χ1) is 18.3. The molecule has 1 atom stereocenters. The van der Waals surface area contributed by atoms with Crippen LogP contribution in [-0.4, -0.2) is 69.1 Å². The second-order valence-corrected chi connectivity index (χ2v) is 9.43. The highest BCUT2D eigenvalue weighted by Crippen LogP contribution is 2.46. The van der Waals surface area contributed by atoms with E-state index in [-0.39, 0.29) is 18.9 Å². The van der Waals surface area contributed by atoms with Gasteiger partial charge in [0, 0.05) is 20.0 Å². The van der Waals surface area contributed by atoms with Crippen molar-refractivity contribution in [2.24, 2.45) is 0 Å². The minimum atomic E-state index is -1.42. The Bertz CT molecular complexity index is 1100. The van der Waals surface area contributed by atoms with Crippen molar-refractivity contribution in [3.05, 3.63) is 53.6 Å². The number of imide groups is 1. The summed E-state index contributed by atoms with van der Waals surface area (Å²) in [6, 6.07) is 12.3. The first kappa shape index (κ1) is 28.8. The van der Waals surface area contributed by atoms with Crippen molar-refractivity contribution >= 4 is 17.8 Å². The monoisotopic (exact) mass is 525 g/mol. The molecule has 2 aromatic rings. The summed E-state index contributed by atoms with van der Waals surface area (Å²) in [7, 11) is 6.07. The molecule has 1 aliphatic rings. The van der Waals surface area contributed by atoms with Crippen LogP contribution in [0.1, 0.15) is 50.2 Å². The van der Waals surface area contributed by atoms with Gasteiger partial charge < -0.3 is 24.4 Å². The van der Waals surface area contributed by atoms with Gasteiger partial charge in [-0.1, -0.05) is 62.9 Å². The van der Waals surface area contributed by atoms with Gasteiger partial charge in [-0.05, 0) is 29.7 Å². The molecule has 0 bridgehead atoms. The zero-order chi connectivity index (χ0) is 27.7. The molecule has 1 unspecified atom stereocenters. The number of ether oxygens (including phenoxy) is 3. The zero-order valence-corrected chi connectivity index (χ0v) is 23.0. The summed E-state index contributed by atoms with van der Waals surface area (Å²) < 4.78 is 16.6. The van der Waals surface area contributed by atoms with Crippen molar-refractivity contribution < 1.29 is 28.6 Å². The number of urea groups is 1. The molecule has 38 heavy (non-hydrogen) atoms. The SMILES string of the molecule is CCCCCCCNC(=O)CN1C(=O)N(C)C(Cc2ccccc2)(c2cc(OC)c(OC)c(OC)c2)C1=O. The van der Waals surface area contributed by atoms with Gasteiger partial charge in [-0.3, -0.25) is 14.5 Å². The molecule has 0 aliphatic carbocycles. The van der Waals surface area contributed by atoms with Gasteiger partial charge in [0.1, 0.15) is 6.54 Å². The van der Waals surface area contributed by atoms with Gasteiger partial charge in [-0.15, -0.1) is 0 Å². The number of nitrogens with one attached hydrogen (secondary N) is 1. The van der Waals surface area contributed by atoms with Gasteiger partial charge in [0.05, 0.1) is 21.3 Å². The first-order valence-electron chi connectivity index (χ1n) is 13.0. The summed E-state index contributed by atoms with van der Waals surface area (Å²) in [6.45, 7) is 2.31. The standard InChI is InChI=1S/C29H39N3O6/c1-6-7-8-9-13-16-30-25(33)20-32-27(34)29(31(2)28(32)35,19-21-14-11-10-12-15-21)22-17-23(36-3)26(38-5)24(18-22)37-4/h10-12,14-15,17-18H,6-9,13,16,19-20H2,1-5H3,(H,30,33). The lowest BCUT2D eigenvalue weighted by atomic mass is 9.82. The van der Waals surface area contributed by atoms with Gasteiger partial charge in [0.2, 0.25) is 11.7 Å². The molecule has 1 aliphatic heterocycles. The number of methoxy groups -OCH3 is 3. The van der Waals surface area contributed by atoms with E-state index in [9.17, 15) is 14.4 Å². The molecule has 1 saturated heterocycles. The van der Waals surface area contributed by atoms with E-state index in [0.29, 0.717) is 29.4 Å². The van der Waals surface area contributed by atoms with Crippen LogP contribution in [0.2, 0.25) is 0 Å². The van der Waals surface area contributed by atoms with E-state index < -0.39 is 17.5 Å². The normalized spacial score (nSPS) is 17.1. The van der Waals surface area contributed by atoms with Crippen LogP contribution in [0.3, 0.4) is 0 Å². The van der Waals surface area contributed by atoms with Gasteiger partial charge in [0.25, 0.3) is 5.91 Å². The maximum absolute atomic E-state index is 14.2. The summed E-state index contributed by atoms with van der Waals surface area (Å²) in [5, 5.41) is 2.85. The Labute approximate surface area is 225 Å². The van der Waals surface area contributed by atoms with Crippen LogP contribution in [0.25, 0.3) is 0 Å². The Hall–Kier alpha value is -3.75. The second-order valence-electron chi connectivity index (χ2n) is 9.43. The number of carbonyl (C=O) groups is 3. The van der Waals surface area contributed by atoms with E-state index in [0.717, 1.165) is 36.1 Å². The molecule has 1 heterocycles. The lowest BCUT2D eigenvalue weighted by Gasteiger charge is -2.34. The fraction of sp³-hybridized carbons (Fsp3) is 0.483. The van der Waals surface area contributed by atoms with Gasteiger partial charge >= 0.3 is 6.03 Å². The predicted molar refractivity (Wildman–Crippen MR) is 145 cm³/mol. The van der Waals surface area contributed by atoms with Crippen molar-refractivity contribution in [3.8, 4) is 17.2 Å². The Kier molecular flexibility index (Phi) is 9.98. The van der Waals surface area contributed by atoms with Crippen molar-refractivity contribution in [2.45, 2.75) is 51.0 Å². The number of carbonyl (C=O) groups excluding carboxylic acids is 3. The number of benzene rings is 2. The molecule has 0 saturated carbocycles. The molecule has 3 rings (SSSR count). The number of unbranched alkanes of at least 4 members (excludes halogenated alkanes) is 4. The molecule has 0 radical (unpaired) electrons. The molecule has 0 aromatic heterocycles. The molecule has 206 valence electrons. The van der Waals surface area contributed by atoms with E-state index in [1.54, 1.807) is 19.2 Å². The highest BCUT2D eigenvalue weighted by atomic mass is 16.5. The van der Waals surface area contributed by atoms with Crippen LogP contribution in [0.5, 0.6) is 17.2 Å². The third-order valence-corrected chi connectivity index (χ3v) is 7.04. The summed E-state index contributed by atoms with van der Waals surface area (Å²) in [6.07, 6.45) is 5.52. The van der Waals surface area contributed by atoms with Crippen LogP contribution in [0.4, 0.5) is 4.79 Å². The molecule has 9 heteroatoms. The lowest BCUT2D eigenvalue weighted by molar-refractivity contribution is -0.136. The maximum atomic E-state index is 14.2. The summed E-state index contributed by atoms with van der Waals surface area (Å²) in [5.41, 5.74) is -0.0747. The smallest absolute Gasteiger partial charge is 0.328 e. The summed E-state index contributed by atoms with van der Waals surface area (Å²) in [5.74, 6) is 0.254. The molecular formula is C29H39N3O6. The van der Waals surface area contributed by atoms with Crippen LogP contribution in [-0.2, 0) is 21.5 Å². The minimum absolute atomic E-state index is 0.198. The number of hydrogen-bond acceptors (Lipinski definition) is 6. The number of rotatable bonds is 14. The first-order valence-corrected chi connectivity index (χ1v) is 13.0. The van der Waals surface area contributed by atoms with E-state index in [1.807, 2.05) is 30.3 Å². The predicted octanol–water partition coefficient (Wildman–Crippen LogP) is 4.13. The fourth-order valence-electron chi connectivity index (χ4n) is 4.92. The number of hydrogen-bond donors (Lipinski definition) is 1. The Morgan fingerprint density at radius 2 is 1.55 bits per heavy atom. The Morgan fingerprint density at radius 1 is 0.921 bits per heavy atom. The van der Waals surface area contributed by atoms with E-state index in [1.165, 1.54) is 32.7 Å². The quantitative estimate of drug-likeness (QED) is 0.294. The fourth-order valence-corrected chi connectivity index (χ4v) is 4.92. The third kappa shape index (κ3) is 5.87. The number of nitrogens with zero attached hydrogens (tertiary/aromatic N) is 2. The highest BCUT2D eigenvalue weighted by Gasteiger charge is 2.57. The molecule has 0 spiro atoms. The minimum Gasteiger partial charge on any atom is -0.493 e. The summed E-state index contributed by atoms with van der Waals surface area (Å²) >= 11 is 0. The van der Waals surface area contributed by atoms with Crippen LogP contribution < -0.4 is 19.5 Å². The second kappa shape index (κ2) is 13.2. The van der Waals surface area contributed by atoms with Gasteiger partial charge in [-0.25, -0.2) is 4.79 Å². The van der Waals surface area contributed by atoms with Crippen molar-refractivity contribution in [1.82, 2.24) is 15.1 Å². The van der Waals surface area contributed by atoms with E-state index >= 15 is 0 Å². The highest BCUT2D eigenvalue weighted by molar-refractivity contribution is 6.09. The van der Waals surface area contributed by atoms with E-state index in [2.05, 4.69) is 12.2 Å². The van der Waals surface area contributed by atoms with Crippen molar-refractivity contribution in [3.63, 3.8) is 0 Å². The van der Waals surface area contributed by atoms with Crippen molar-refractivity contribution in [2.75, 3.05) is 41.5 Å². The molecule has 1 fully saturated rings. The Morgan fingerprint density at radius 3 is 2.13 bits per heavy atom. The Balaban J connectivity index is 1.96. The average molecular weight is 526 g/mol. The van der Waals surface area contributed by atoms with E-state index in [4.69, 9.17) is 14.2 Å². The van der Waals surface area contributed by atoms with Gasteiger partial charge in [0.15, 0.2) is 17.0 Å². The maximum Gasteiger partial charge on any atom is 0.328 e. The van der Waals surface area contributed by atoms with Crippen molar-refractivity contribution in [1.29, 1.82) is 0 Å². The van der Waals surface area contributed by atoms with Gasteiger partial charge in [-0.2, -0.15) is 0 Å². The average Bonchev–Trinajstić information content (AvgIpc) is 3.11. The topological polar surface area (TPSA) is 97.4 Å². The molecular weight excluding hydrogens is 486 g/mol. The number of likely N-dealkylation sites (N-methyl/N-ethyl adjacent to an activating group) is 1.